The number of ether oxygens (including phenoxy) is 1. The molecule has 27 heavy (non-hydrogen) atoms. The van der Waals surface area contributed by atoms with Crippen LogP contribution < -0.4 is 4.74 Å². The Labute approximate surface area is 159 Å². The number of hydrogen-bond acceptors (Lipinski definition) is 5. The van der Waals surface area contributed by atoms with Gasteiger partial charge < -0.3 is 9.14 Å². The zero-order chi connectivity index (χ0) is 18.2. The van der Waals surface area contributed by atoms with Gasteiger partial charge in [-0.05, 0) is 37.3 Å². The van der Waals surface area contributed by atoms with Crippen molar-refractivity contribution in [3.05, 3.63) is 67.0 Å². The van der Waals surface area contributed by atoms with Crippen molar-refractivity contribution < 1.29 is 4.74 Å². The smallest absolute Gasteiger partial charge is 0.241 e. The van der Waals surface area contributed by atoms with Crippen LogP contribution >= 0.6 is 11.3 Å². The SMILES string of the molecule is CCOc1nnc(-c2ccc(-c3cn4ccccc4n3)s2)c2ccccc12. The topological polar surface area (TPSA) is 52.3 Å². The van der Waals surface area contributed by atoms with Crippen LogP contribution in [0.1, 0.15) is 6.92 Å². The van der Waals surface area contributed by atoms with Crippen LogP contribution in [0.3, 0.4) is 0 Å². The van der Waals surface area contributed by atoms with Gasteiger partial charge in [0.15, 0.2) is 0 Å². The summed E-state index contributed by atoms with van der Waals surface area (Å²) in [5.74, 6) is 0.578. The van der Waals surface area contributed by atoms with E-state index in [9.17, 15) is 0 Å². The molecule has 0 bridgehead atoms. The molecule has 6 heteroatoms. The molecule has 5 rings (SSSR count). The maximum absolute atomic E-state index is 5.64. The first-order chi connectivity index (χ1) is 13.3. The Balaban J connectivity index is 1.61. The molecule has 0 radical (unpaired) electrons. The van der Waals surface area contributed by atoms with E-state index < -0.39 is 0 Å². The minimum Gasteiger partial charge on any atom is -0.476 e. The summed E-state index contributed by atoms with van der Waals surface area (Å²) in [7, 11) is 0. The highest BCUT2D eigenvalue weighted by Gasteiger charge is 2.14. The lowest BCUT2D eigenvalue weighted by atomic mass is 10.1. The standard InChI is InChI=1S/C21H16N4OS/c1-2-26-21-15-8-4-3-7-14(15)20(23-24-21)18-11-10-17(27-18)16-13-25-12-6-5-9-19(25)22-16/h3-13H,2H2,1H3. The Bertz CT molecular complexity index is 1220. The van der Waals surface area contributed by atoms with Crippen molar-refractivity contribution in [1.82, 2.24) is 19.6 Å². The molecule has 0 atom stereocenters. The fourth-order valence-electron chi connectivity index (χ4n) is 3.16. The number of benzene rings is 1. The Morgan fingerprint density at radius 1 is 0.926 bits per heavy atom. The van der Waals surface area contributed by atoms with Crippen LogP contribution in [0, 0.1) is 0 Å². The normalized spacial score (nSPS) is 11.3. The van der Waals surface area contributed by atoms with Crippen molar-refractivity contribution in [2.45, 2.75) is 6.92 Å². The van der Waals surface area contributed by atoms with Crippen LogP contribution in [0.5, 0.6) is 5.88 Å². The van der Waals surface area contributed by atoms with E-state index in [1.807, 2.05) is 60.1 Å². The summed E-state index contributed by atoms with van der Waals surface area (Å²) in [5.41, 5.74) is 2.77. The number of hydrogen-bond donors (Lipinski definition) is 0. The molecular formula is C21H16N4OS. The van der Waals surface area contributed by atoms with E-state index >= 15 is 0 Å². The van der Waals surface area contributed by atoms with Gasteiger partial charge >= 0.3 is 0 Å². The second-order valence-corrected chi connectivity index (χ2v) is 7.17. The third-order valence-electron chi connectivity index (χ3n) is 4.39. The van der Waals surface area contributed by atoms with Gasteiger partial charge in [0.05, 0.1) is 22.1 Å². The maximum Gasteiger partial charge on any atom is 0.241 e. The summed E-state index contributed by atoms with van der Waals surface area (Å²) in [5, 5.41) is 10.8. The molecular weight excluding hydrogens is 356 g/mol. The van der Waals surface area contributed by atoms with Crippen LogP contribution in [-0.2, 0) is 0 Å². The van der Waals surface area contributed by atoms with Gasteiger partial charge in [-0.1, -0.05) is 24.3 Å². The van der Waals surface area contributed by atoms with Gasteiger partial charge in [0.1, 0.15) is 11.3 Å². The molecule has 0 spiro atoms. The first-order valence-corrected chi connectivity index (χ1v) is 9.57. The lowest BCUT2D eigenvalue weighted by molar-refractivity contribution is 0.327. The van der Waals surface area contributed by atoms with Gasteiger partial charge in [-0.2, -0.15) is 0 Å². The molecule has 4 aromatic heterocycles. The molecule has 5 nitrogen and oxygen atoms in total. The summed E-state index contributed by atoms with van der Waals surface area (Å²) in [6.45, 7) is 2.51. The molecule has 0 amide bonds. The monoisotopic (exact) mass is 372 g/mol. The van der Waals surface area contributed by atoms with Gasteiger partial charge in [0, 0.05) is 23.2 Å². The molecule has 0 fully saturated rings. The first kappa shape index (κ1) is 16.0. The Morgan fingerprint density at radius 3 is 2.59 bits per heavy atom. The largest absolute Gasteiger partial charge is 0.476 e. The maximum atomic E-state index is 5.64. The van der Waals surface area contributed by atoms with Gasteiger partial charge in [-0.3, -0.25) is 0 Å². The van der Waals surface area contributed by atoms with Crippen molar-refractivity contribution in [2.75, 3.05) is 6.61 Å². The molecule has 1 aromatic carbocycles. The van der Waals surface area contributed by atoms with E-state index in [0.29, 0.717) is 12.5 Å². The second-order valence-electron chi connectivity index (χ2n) is 6.09. The van der Waals surface area contributed by atoms with Crippen LogP contribution in [0.4, 0.5) is 0 Å². The fraction of sp³-hybridized carbons (Fsp3) is 0.0952. The third kappa shape index (κ3) is 2.74. The number of rotatable bonds is 4. The van der Waals surface area contributed by atoms with Crippen molar-refractivity contribution >= 4 is 27.8 Å². The highest BCUT2D eigenvalue weighted by molar-refractivity contribution is 7.18. The van der Waals surface area contributed by atoms with Crippen molar-refractivity contribution in [3.8, 4) is 27.0 Å². The highest BCUT2D eigenvalue weighted by Crippen LogP contribution is 2.37. The lowest BCUT2D eigenvalue weighted by Gasteiger charge is -2.08. The molecule has 0 aliphatic heterocycles. The van der Waals surface area contributed by atoms with E-state index in [-0.39, 0.29) is 0 Å². The molecule has 0 unspecified atom stereocenters. The fourth-order valence-corrected chi connectivity index (χ4v) is 4.12. The number of nitrogens with zero attached hydrogens (tertiary/aromatic N) is 4. The Morgan fingerprint density at radius 2 is 1.74 bits per heavy atom. The molecule has 0 aliphatic carbocycles. The van der Waals surface area contributed by atoms with E-state index in [0.717, 1.165) is 37.6 Å². The second kappa shape index (κ2) is 6.48. The minimum absolute atomic E-state index is 0.565. The minimum atomic E-state index is 0.565. The highest BCUT2D eigenvalue weighted by atomic mass is 32.1. The van der Waals surface area contributed by atoms with Crippen LogP contribution in [0.25, 0.3) is 37.6 Å². The van der Waals surface area contributed by atoms with Gasteiger partial charge in [-0.15, -0.1) is 21.5 Å². The lowest BCUT2D eigenvalue weighted by Crippen LogP contribution is -1.98. The van der Waals surface area contributed by atoms with E-state index in [4.69, 9.17) is 9.72 Å². The van der Waals surface area contributed by atoms with Gasteiger partial charge in [0.2, 0.25) is 5.88 Å². The Hall–Kier alpha value is -3.25. The van der Waals surface area contributed by atoms with Crippen molar-refractivity contribution in [1.29, 1.82) is 0 Å². The number of pyridine rings is 1. The summed E-state index contributed by atoms with van der Waals surface area (Å²) in [6.07, 6.45) is 4.05. The molecule has 4 heterocycles. The predicted octanol–water partition coefficient (Wildman–Crippen LogP) is 5.07. The van der Waals surface area contributed by atoms with Crippen LogP contribution in [-0.4, -0.2) is 26.2 Å². The quantitative estimate of drug-likeness (QED) is 0.442. The summed E-state index contributed by atoms with van der Waals surface area (Å²) in [6, 6.07) is 18.3. The number of fused-ring (bicyclic) bond motifs is 2. The molecule has 5 aromatic rings. The van der Waals surface area contributed by atoms with Crippen LogP contribution in [0.2, 0.25) is 0 Å². The first-order valence-electron chi connectivity index (χ1n) is 8.76. The molecule has 0 saturated heterocycles. The van der Waals surface area contributed by atoms with Gasteiger partial charge in [0.25, 0.3) is 0 Å². The van der Waals surface area contributed by atoms with Crippen molar-refractivity contribution in [2.24, 2.45) is 0 Å². The summed E-state index contributed by atoms with van der Waals surface area (Å²) in [4.78, 5) is 6.88. The van der Waals surface area contributed by atoms with Crippen molar-refractivity contribution in [3.63, 3.8) is 0 Å². The molecule has 0 saturated carbocycles. The average Bonchev–Trinajstić information content (AvgIpc) is 3.35. The molecule has 0 N–H and O–H groups in total. The molecule has 132 valence electrons. The van der Waals surface area contributed by atoms with E-state index in [2.05, 4.69) is 28.4 Å². The number of imidazole rings is 1. The zero-order valence-electron chi connectivity index (χ0n) is 14.7. The van der Waals surface area contributed by atoms with Crippen LogP contribution in [0.15, 0.2) is 67.0 Å². The zero-order valence-corrected chi connectivity index (χ0v) is 15.5. The average molecular weight is 372 g/mol. The third-order valence-corrected chi connectivity index (χ3v) is 5.50. The van der Waals surface area contributed by atoms with E-state index in [1.54, 1.807) is 11.3 Å². The van der Waals surface area contributed by atoms with E-state index in [1.165, 1.54) is 0 Å². The Kier molecular flexibility index (Phi) is 3.83. The number of thiophene rings is 1. The summed E-state index contributed by atoms with van der Waals surface area (Å²) < 4.78 is 7.66. The summed E-state index contributed by atoms with van der Waals surface area (Å²) >= 11 is 1.67. The molecule has 0 aliphatic rings. The predicted molar refractivity (Wildman–Crippen MR) is 108 cm³/mol. The van der Waals surface area contributed by atoms with Gasteiger partial charge in [-0.25, -0.2) is 4.98 Å². The number of aromatic nitrogens is 4.